The summed E-state index contributed by atoms with van der Waals surface area (Å²) in [6.07, 6.45) is -4.43. The molecule has 0 amide bonds. The summed E-state index contributed by atoms with van der Waals surface area (Å²) in [7, 11) is 0. The number of anilines is 1. The molecule has 2 aromatic rings. The van der Waals surface area contributed by atoms with Crippen LogP contribution in [0.25, 0.3) is 11.3 Å². The number of halogens is 4. The van der Waals surface area contributed by atoms with Gasteiger partial charge in [-0.2, -0.15) is 18.3 Å². The molecule has 20 heavy (non-hydrogen) atoms. The molecule has 0 unspecified atom stereocenters. The quantitative estimate of drug-likeness (QED) is 0.620. The van der Waals surface area contributed by atoms with Gasteiger partial charge in [0.25, 0.3) is 0 Å². The van der Waals surface area contributed by atoms with Crippen LogP contribution in [0.15, 0.2) is 39.2 Å². The van der Waals surface area contributed by atoms with Crippen LogP contribution in [-0.2, 0) is 0 Å². The fourth-order valence-electron chi connectivity index (χ4n) is 1.27. The highest BCUT2D eigenvalue weighted by Crippen LogP contribution is 2.26. The maximum Gasteiger partial charge on any atom is 0.430 e. The standard InChI is InChI=1S/C12H9BrF3N3S/c1-7(12(14,15)16)18-19-11-17-10(6-20-11)8-2-4-9(13)5-3-8/h2-6H,1H3,(H,17,19). The first-order chi connectivity index (χ1) is 9.36. The van der Waals surface area contributed by atoms with Crippen LogP contribution < -0.4 is 5.43 Å². The van der Waals surface area contributed by atoms with Crippen LogP contribution >= 0.6 is 27.3 Å². The van der Waals surface area contributed by atoms with E-state index in [1.807, 2.05) is 24.3 Å². The van der Waals surface area contributed by atoms with Crippen LogP contribution in [0.1, 0.15) is 6.92 Å². The monoisotopic (exact) mass is 363 g/mol. The van der Waals surface area contributed by atoms with Crippen molar-refractivity contribution in [3.05, 3.63) is 34.1 Å². The average Bonchev–Trinajstić information content (AvgIpc) is 2.84. The molecular weight excluding hydrogens is 355 g/mol. The number of thiazole rings is 1. The number of hydrogen-bond donors (Lipinski definition) is 1. The Morgan fingerprint density at radius 2 is 1.95 bits per heavy atom. The highest BCUT2D eigenvalue weighted by Gasteiger charge is 2.32. The first kappa shape index (κ1) is 15.0. The van der Waals surface area contributed by atoms with Gasteiger partial charge in [-0.1, -0.05) is 28.1 Å². The van der Waals surface area contributed by atoms with Crippen LogP contribution in [0.3, 0.4) is 0 Å². The second-order valence-corrected chi connectivity index (χ2v) is 5.63. The molecule has 0 fully saturated rings. The highest BCUT2D eigenvalue weighted by atomic mass is 79.9. The third-order valence-electron chi connectivity index (χ3n) is 2.37. The summed E-state index contributed by atoms with van der Waals surface area (Å²) in [5.41, 5.74) is 2.94. The van der Waals surface area contributed by atoms with E-state index >= 15 is 0 Å². The van der Waals surface area contributed by atoms with E-state index in [9.17, 15) is 13.2 Å². The molecule has 0 aliphatic heterocycles. The fraction of sp³-hybridized carbons (Fsp3) is 0.167. The Morgan fingerprint density at radius 3 is 2.55 bits per heavy atom. The maximum absolute atomic E-state index is 12.3. The maximum atomic E-state index is 12.3. The lowest BCUT2D eigenvalue weighted by molar-refractivity contribution is -0.0592. The van der Waals surface area contributed by atoms with Gasteiger partial charge in [0, 0.05) is 15.4 Å². The molecule has 0 bridgehead atoms. The predicted octanol–water partition coefficient (Wildman–Crippen LogP) is 4.92. The van der Waals surface area contributed by atoms with Crippen molar-refractivity contribution in [2.75, 3.05) is 5.43 Å². The summed E-state index contributed by atoms with van der Waals surface area (Å²) >= 11 is 4.52. The Hall–Kier alpha value is -1.41. The van der Waals surface area contributed by atoms with Gasteiger partial charge in [0.15, 0.2) is 0 Å². The first-order valence-electron chi connectivity index (χ1n) is 5.45. The second kappa shape index (κ2) is 5.92. The van der Waals surface area contributed by atoms with Crippen LogP contribution in [0.5, 0.6) is 0 Å². The third-order valence-corrected chi connectivity index (χ3v) is 3.65. The SMILES string of the molecule is CC(=NNc1nc(-c2ccc(Br)cc2)cs1)C(F)(F)F. The molecule has 2 rings (SSSR count). The van der Waals surface area contributed by atoms with Crippen molar-refractivity contribution in [1.29, 1.82) is 0 Å². The largest absolute Gasteiger partial charge is 0.430 e. The van der Waals surface area contributed by atoms with Crippen molar-refractivity contribution < 1.29 is 13.2 Å². The molecule has 106 valence electrons. The molecule has 1 N–H and O–H groups in total. The van der Waals surface area contributed by atoms with Gasteiger partial charge >= 0.3 is 6.18 Å². The van der Waals surface area contributed by atoms with Crippen LogP contribution in [0.4, 0.5) is 18.3 Å². The molecule has 0 aliphatic carbocycles. The number of nitrogens with zero attached hydrogens (tertiary/aromatic N) is 2. The summed E-state index contributed by atoms with van der Waals surface area (Å²) in [6.45, 7) is 0.899. The zero-order valence-corrected chi connectivity index (χ0v) is 12.6. The average molecular weight is 364 g/mol. The number of aromatic nitrogens is 1. The Kier molecular flexibility index (Phi) is 4.44. The van der Waals surface area contributed by atoms with Gasteiger partial charge in [0.05, 0.1) is 5.69 Å². The molecule has 0 spiro atoms. The van der Waals surface area contributed by atoms with Crippen LogP contribution in [-0.4, -0.2) is 16.9 Å². The van der Waals surface area contributed by atoms with Gasteiger partial charge in [-0.3, -0.25) is 5.43 Å². The number of benzene rings is 1. The van der Waals surface area contributed by atoms with Crippen molar-refractivity contribution in [2.24, 2.45) is 5.10 Å². The Labute approximate surface area is 125 Å². The van der Waals surface area contributed by atoms with Gasteiger partial charge in [0.2, 0.25) is 5.13 Å². The summed E-state index contributed by atoms with van der Waals surface area (Å²) in [5.74, 6) is 0. The topological polar surface area (TPSA) is 37.3 Å². The molecular formula is C12H9BrF3N3S. The van der Waals surface area contributed by atoms with Crippen molar-refractivity contribution >= 4 is 38.1 Å². The van der Waals surface area contributed by atoms with E-state index in [4.69, 9.17) is 0 Å². The van der Waals surface area contributed by atoms with E-state index in [0.29, 0.717) is 10.8 Å². The first-order valence-corrected chi connectivity index (χ1v) is 7.12. The highest BCUT2D eigenvalue weighted by molar-refractivity contribution is 9.10. The number of alkyl halides is 3. The van der Waals surface area contributed by atoms with E-state index in [-0.39, 0.29) is 0 Å². The summed E-state index contributed by atoms with van der Waals surface area (Å²) < 4.78 is 37.7. The summed E-state index contributed by atoms with van der Waals surface area (Å²) in [6, 6.07) is 7.47. The molecule has 3 nitrogen and oxygen atoms in total. The number of hydrazone groups is 1. The normalized spacial score (nSPS) is 12.6. The Balaban J connectivity index is 2.12. The molecule has 0 saturated heterocycles. The summed E-state index contributed by atoms with van der Waals surface area (Å²) in [4.78, 5) is 4.18. The van der Waals surface area contributed by atoms with Gasteiger partial charge in [-0.25, -0.2) is 4.98 Å². The van der Waals surface area contributed by atoms with Crippen LogP contribution in [0.2, 0.25) is 0 Å². The van der Waals surface area contributed by atoms with Gasteiger partial charge in [-0.05, 0) is 19.1 Å². The number of hydrogen-bond acceptors (Lipinski definition) is 4. The lowest BCUT2D eigenvalue weighted by Crippen LogP contribution is -2.20. The lowest BCUT2D eigenvalue weighted by atomic mass is 10.2. The van der Waals surface area contributed by atoms with Crippen molar-refractivity contribution in [1.82, 2.24) is 4.98 Å². The number of nitrogens with one attached hydrogen (secondary N) is 1. The fourth-order valence-corrected chi connectivity index (χ4v) is 2.20. The molecule has 1 aromatic heterocycles. The van der Waals surface area contributed by atoms with E-state index in [2.05, 4.69) is 31.4 Å². The van der Waals surface area contributed by atoms with E-state index < -0.39 is 11.9 Å². The second-order valence-electron chi connectivity index (χ2n) is 3.85. The minimum atomic E-state index is -4.43. The Bertz CT molecular complexity index is 620. The summed E-state index contributed by atoms with van der Waals surface area (Å²) in [5, 5.41) is 5.33. The minimum absolute atomic E-state index is 0.312. The zero-order chi connectivity index (χ0) is 14.8. The van der Waals surface area contributed by atoms with Gasteiger partial charge in [0.1, 0.15) is 5.71 Å². The number of rotatable bonds is 3. The third kappa shape index (κ3) is 3.80. The molecule has 8 heteroatoms. The molecule has 1 aromatic carbocycles. The molecule has 0 saturated carbocycles. The van der Waals surface area contributed by atoms with Crippen molar-refractivity contribution in [2.45, 2.75) is 13.1 Å². The zero-order valence-electron chi connectivity index (χ0n) is 10.2. The lowest BCUT2D eigenvalue weighted by Gasteiger charge is -2.04. The predicted molar refractivity (Wildman–Crippen MR) is 78.0 cm³/mol. The molecule has 1 heterocycles. The van der Waals surface area contributed by atoms with Crippen molar-refractivity contribution in [3.63, 3.8) is 0 Å². The van der Waals surface area contributed by atoms with Crippen LogP contribution in [0, 0.1) is 0 Å². The molecule has 0 aliphatic rings. The van der Waals surface area contributed by atoms with Gasteiger partial charge in [-0.15, -0.1) is 11.3 Å². The molecule has 0 atom stereocenters. The Morgan fingerprint density at radius 1 is 1.30 bits per heavy atom. The smallest absolute Gasteiger partial charge is 0.252 e. The molecule has 0 radical (unpaired) electrons. The van der Waals surface area contributed by atoms with E-state index in [0.717, 1.165) is 17.0 Å². The van der Waals surface area contributed by atoms with Gasteiger partial charge < -0.3 is 0 Å². The van der Waals surface area contributed by atoms with Crippen molar-refractivity contribution in [3.8, 4) is 11.3 Å². The van der Waals surface area contributed by atoms with E-state index in [1.54, 1.807) is 5.38 Å². The minimum Gasteiger partial charge on any atom is -0.252 e. The van der Waals surface area contributed by atoms with E-state index in [1.165, 1.54) is 11.3 Å².